The van der Waals surface area contributed by atoms with Gasteiger partial charge in [-0.05, 0) is 26.8 Å². The Morgan fingerprint density at radius 1 is 1.37 bits per heavy atom. The van der Waals surface area contributed by atoms with E-state index in [1.165, 1.54) is 0 Å². The highest BCUT2D eigenvalue weighted by Gasteiger charge is 2.22. The van der Waals surface area contributed by atoms with Crippen LogP contribution < -0.4 is 5.73 Å². The minimum atomic E-state index is -3.37. The van der Waals surface area contributed by atoms with Crippen molar-refractivity contribution < 1.29 is 8.42 Å². The number of pyridine rings is 1. The number of aromatic nitrogens is 3. The highest BCUT2D eigenvalue weighted by molar-refractivity contribution is 7.91. The van der Waals surface area contributed by atoms with Crippen LogP contribution in [0.2, 0.25) is 0 Å². The second kappa shape index (κ2) is 4.19. The molecule has 2 heterocycles. The maximum Gasteiger partial charge on any atom is 0.181 e. The van der Waals surface area contributed by atoms with Crippen molar-refractivity contribution in [2.45, 2.75) is 38.1 Å². The van der Waals surface area contributed by atoms with Gasteiger partial charge in [-0.2, -0.15) is 5.10 Å². The normalized spacial score (nSPS) is 13.1. The van der Waals surface area contributed by atoms with Crippen molar-refractivity contribution in [3.63, 3.8) is 0 Å². The maximum atomic E-state index is 11.9. The van der Waals surface area contributed by atoms with E-state index in [0.717, 1.165) is 0 Å². The van der Waals surface area contributed by atoms with Gasteiger partial charge in [0.15, 0.2) is 15.5 Å². The third-order valence-electron chi connectivity index (χ3n) is 2.89. The van der Waals surface area contributed by atoms with Crippen LogP contribution in [0.5, 0.6) is 0 Å². The van der Waals surface area contributed by atoms with Crippen LogP contribution in [0.25, 0.3) is 11.0 Å². The standard InChI is InChI=1S/C12H18N4O2S/c1-5-19(17,18)9-6-8-7-14-16(12(2,3)4)11(8)15-10(9)13/h6-7H,5H2,1-4H3,(H2,13,15). The van der Waals surface area contributed by atoms with E-state index in [1.807, 2.05) is 20.8 Å². The quantitative estimate of drug-likeness (QED) is 0.902. The molecule has 0 saturated heterocycles. The number of nitrogens with two attached hydrogens (primary N) is 1. The summed E-state index contributed by atoms with van der Waals surface area (Å²) in [4.78, 5) is 4.29. The van der Waals surface area contributed by atoms with Crippen LogP contribution in [0.3, 0.4) is 0 Å². The first kappa shape index (κ1) is 13.8. The Labute approximate surface area is 112 Å². The van der Waals surface area contributed by atoms with Gasteiger partial charge in [-0.1, -0.05) is 6.92 Å². The fraction of sp³-hybridized carbons (Fsp3) is 0.500. The molecule has 0 bridgehead atoms. The number of nitrogens with zero attached hydrogens (tertiary/aromatic N) is 3. The molecule has 0 aliphatic carbocycles. The van der Waals surface area contributed by atoms with Crippen molar-refractivity contribution in [1.29, 1.82) is 0 Å². The smallest absolute Gasteiger partial charge is 0.181 e. The van der Waals surface area contributed by atoms with Gasteiger partial charge in [0.25, 0.3) is 0 Å². The van der Waals surface area contributed by atoms with Crippen LogP contribution in [0.1, 0.15) is 27.7 Å². The summed E-state index contributed by atoms with van der Waals surface area (Å²) in [6.07, 6.45) is 1.61. The minimum Gasteiger partial charge on any atom is -0.383 e. The molecule has 0 aromatic carbocycles. The largest absolute Gasteiger partial charge is 0.383 e. The van der Waals surface area contributed by atoms with Crippen molar-refractivity contribution in [3.8, 4) is 0 Å². The van der Waals surface area contributed by atoms with Crippen LogP contribution in [0.15, 0.2) is 17.2 Å². The molecule has 0 atom stereocenters. The van der Waals surface area contributed by atoms with E-state index in [4.69, 9.17) is 5.73 Å². The first-order chi connectivity index (χ1) is 8.66. The topological polar surface area (TPSA) is 90.9 Å². The number of hydrogen-bond acceptors (Lipinski definition) is 5. The van der Waals surface area contributed by atoms with E-state index in [0.29, 0.717) is 11.0 Å². The van der Waals surface area contributed by atoms with Crippen LogP contribution in [-0.2, 0) is 15.4 Å². The molecular formula is C12H18N4O2S. The highest BCUT2D eigenvalue weighted by atomic mass is 32.2. The Balaban J connectivity index is 2.75. The molecular weight excluding hydrogens is 264 g/mol. The molecule has 2 N–H and O–H groups in total. The monoisotopic (exact) mass is 282 g/mol. The van der Waals surface area contributed by atoms with Crippen LogP contribution >= 0.6 is 0 Å². The predicted octanol–water partition coefficient (Wildman–Crippen LogP) is 1.56. The molecule has 0 amide bonds. The Morgan fingerprint density at radius 2 is 2.00 bits per heavy atom. The Morgan fingerprint density at radius 3 is 2.53 bits per heavy atom. The van der Waals surface area contributed by atoms with E-state index >= 15 is 0 Å². The Hall–Kier alpha value is -1.63. The molecule has 6 nitrogen and oxygen atoms in total. The first-order valence-electron chi connectivity index (χ1n) is 6.04. The molecule has 0 radical (unpaired) electrons. The van der Waals surface area contributed by atoms with Gasteiger partial charge < -0.3 is 5.73 Å². The lowest BCUT2D eigenvalue weighted by Crippen LogP contribution is -2.23. The van der Waals surface area contributed by atoms with Gasteiger partial charge in [0.05, 0.1) is 17.5 Å². The van der Waals surface area contributed by atoms with Gasteiger partial charge in [-0.3, -0.25) is 0 Å². The summed E-state index contributed by atoms with van der Waals surface area (Å²) in [7, 11) is -3.37. The molecule has 0 spiro atoms. The lowest BCUT2D eigenvalue weighted by Gasteiger charge is -2.20. The van der Waals surface area contributed by atoms with Gasteiger partial charge in [0.1, 0.15) is 10.7 Å². The van der Waals surface area contributed by atoms with Crippen LogP contribution in [0.4, 0.5) is 5.82 Å². The van der Waals surface area contributed by atoms with E-state index < -0.39 is 9.84 Å². The van der Waals surface area contributed by atoms with Gasteiger partial charge >= 0.3 is 0 Å². The highest BCUT2D eigenvalue weighted by Crippen LogP contribution is 2.26. The maximum absolute atomic E-state index is 11.9. The van der Waals surface area contributed by atoms with Crippen molar-refractivity contribution >= 4 is 26.7 Å². The number of nitrogen functional groups attached to an aromatic ring is 1. The summed E-state index contributed by atoms with van der Waals surface area (Å²) in [6, 6.07) is 1.55. The van der Waals surface area contributed by atoms with Gasteiger partial charge in [-0.25, -0.2) is 18.1 Å². The third-order valence-corrected chi connectivity index (χ3v) is 4.64. The van der Waals surface area contributed by atoms with Crippen molar-refractivity contribution in [2.75, 3.05) is 11.5 Å². The molecule has 0 saturated carbocycles. The summed E-state index contributed by atoms with van der Waals surface area (Å²) in [5, 5.41) is 4.94. The fourth-order valence-corrected chi connectivity index (χ4v) is 2.83. The SMILES string of the molecule is CCS(=O)(=O)c1cc2cnn(C(C)(C)C)c2nc1N. The van der Waals surface area contributed by atoms with Gasteiger partial charge in [0.2, 0.25) is 0 Å². The summed E-state index contributed by atoms with van der Waals surface area (Å²) in [6.45, 7) is 7.56. The number of sulfone groups is 1. The average molecular weight is 282 g/mol. The van der Waals surface area contributed by atoms with Crippen molar-refractivity contribution in [2.24, 2.45) is 0 Å². The molecule has 2 aromatic heterocycles. The molecule has 104 valence electrons. The zero-order valence-electron chi connectivity index (χ0n) is 11.5. The van der Waals surface area contributed by atoms with Crippen LogP contribution in [-0.4, -0.2) is 28.9 Å². The summed E-state index contributed by atoms with van der Waals surface area (Å²) >= 11 is 0. The molecule has 0 fully saturated rings. The number of hydrogen-bond donors (Lipinski definition) is 1. The number of fused-ring (bicyclic) bond motifs is 1. The van der Waals surface area contributed by atoms with E-state index in [-0.39, 0.29) is 22.0 Å². The fourth-order valence-electron chi connectivity index (χ4n) is 1.85. The van der Waals surface area contributed by atoms with Gasteiger partial charge in [-0.15, -0.1) is 0 Å². The molecule has 2 aromatic rings. The Kier molecular flexibility index (Phi) is 3.04. The molecule has 0 aliphatic rings. The molecule has 19 heavy (non-hydrogen) atoms. The molecule has 7 heteroatoms. The third kappa shape index (κ3) is 2.30. The van der Waals surface area contributed by atoms with E-state index in [1.54, 1.807) is 23.9 Å². The van der Waals surface area contributed by atoms with E-state index in [9.17, 15) is 8.42 Å². The average Bonchev–Trinajstić information content (AvgIpc) is 2.70. The molecule has 2 rings (SSSR count). The lowest BCUT2D eigenvalue weighted by atomic mass is 10.1. The second-order valence-corrected chi connectivity index (χ2v) is 7.66. The summed E-state index contributed by atoms with van der Waals surface area (Å²) in [5.74, 6) is 0.0259. The molecule has 0 unspecified atom stereocenters. The zero-order chi connectivity index (χ0) is 14.4. The second-order valence-electron chi connectivity index (χ2n) is 5.42. The van der Waals surface area contributed by atoms with Gasteiger partial charge in [0, 0.05) is 5.39 Å². The van der Waals surface area contributed by atoms with Crippen molar-refractivity contribution in [3.05, 3.63) is 12.3 Å². The van der Waals surface area contributed by atoms with Crippen molar-refractivity contribution in [1.82, 2.24) is 14.8 Å². The van der Waals surface area contributed by atoms with E-state index in [2.05, 4.69) is 10.1 Å². The predicted molar refractivity (Wildman–Crippen MR) is 74.7 cm³/mol. The molecule has 0 aliphatic heterocycles. The Bertz CT molecular complexity index is 726. The van der Waals surface area contributed by atoms with Crippen LogP contribution in [0, 0.1) is 0 Å². The number of anilines is 1. The minimum absolute atomic E-state index is 0.00219. The lowest BCUT2D eigenvalue weighted by molar-refractivity contribution is 0.366. The first-order valence-corrected chi connectivity index (χ1v) is 7.69. The summed E-state index contributed by atoms with van der Waals surface area (Å²) < 4.78 is 25.6. The summed E-state index contributed by atoms with van der Waals surface area (Å²) in [5.41, 5.74) is 6.14. The zero-order valence-corrected chi connectivity index (χ0v) is 12.3. The number of rotatable bonds is 2.